The summed E-state index contributed by atoms with van der Waals surface area (Å²) in [7, 11) is 0. The summed E-state index contributed by atoms with van der Waals surface area (Å²) >= 11 is 0. The molecule has 2 aromatic rings. The lowest BCUT2D eigenvalue weighted by Gasteiger charge is -2.49. The minimum Gasteiger partial charge on any atom is -0.389 e. The van der Waals surface area contributed by atoms with Crippen LogP contribution in [0.4, 0.5) is 0 Å². The molecule has 8 N–H and O–H groups in total. The van der Waals surface area contributed by atoms with Gasteiger partial charge in [-0.2, -0.15) is 10.2 Å². The van der Waals surface area contributed by atoms with E-state index in [1.54, 1.807) is 0 Å². The third kappa shape index (κ3) is 6.74. The summed E-state index contributed by atoms with van der Waals surface area (Å²) in [4.78, 5) is 4.29. The molecule has 48 heavy (non-hydrogen) atoms. The van der Waals surface area contributed by atoms with E-state index in [0.29, 0.717) is 17.8 Å². The second kappa shape index (κ2) is 14.0. The average Bonchev–Trinajstić information content (AvgIpc) is 3.77. The number of nitrogens with one attached hydrogen (secondary N) is 2. The first-order valence-corrected chi connectivity index (χ1v) is 17.8. The zero-order valence-corrected chi connectivity index (χ0v) is 28.6. The molecule has 7 rings (SSSR count). The van der Waals surface area contributed by atoms with Crippen LogP contribution in [0, 0.1) is 22.7 Å². The third-order valence-corrected chi connectivity index (χ3v) is 12.8. The molecule has 8 atom stereocenters. The van der Waals surface area contributed by atoms with Gasteiger partial charge in [0.2, 0.25) is 11.9 Å². The number of hydrazone groups is 1. The van der Waals surface area contributed by atoms with E-state index in [9.17, 15) is 10.2 Å². The van der Waals surface area contributed by atoms with E-state index in [1.807, 2.05) is 18.5 Å². The second-order valence-corrected chi connectivity index (χ2v) is 15.2. The van der Waals surface area contributed by atoms with Crippen molar-refractivity contribution in [1.29, 1.82) is 0 Å². The van der Waals surface area contributed by atoms with E-state index in [0.717, 1.165) is 83.3 Å². The van der Waals surface area contributed by atoms with Gasteiger partial charge in [-0.25, -0.2) is 10.4 Å². The Morgan fingerprint density at radius 1 is 0.792 bits per heavy atom. The Kier molecular flexibility index (Phi) is 9.95. The van der Waals surface area contributed by atoms with Crippen molar-refractivity contribution in [2.75, 3.05) is 13.1 Å². The van der Waals surface area contributed by atoms with Crippen molar-refractivity contribution in [3.05, 3.63) is 71.8 Å². The Morgan fingerprint density at radius 3 is 1.79 bits per heavy atom. The molecule has 1 heterocycles. The van der Waals surface area contributed by atoms with Crippen LogP contribution in [0.15, 0.2) is 81.0 Å². The fraction of sp³-hybridized carbons (Fsp3) is 0.579. The summed E-state index contributed by atoms with van der Waals surface area (Å²) in [6.07, 6.45) is 13.4. The molecular weight excluding hydrogens is 600 g/mol. The van der Waals surface area contributed by atoms with Crippen LogP contribution in [0.25, 0.3) is 0 Å². The minimum absolute atomic E-state index is 0.0348. The Bertz CT molecular complexity index is 1510. The lowest BCUT2D eigenvalue weighted by atomic mass is 9.59. The number of aliphatic imine (C=N–C) groups is 1. The molecule has 2 aromatic carbocycles. The van der Waals surface area contributed by atoms with E-state index in [2.05, 4.69) is 99.5 Å². The third-order valence-electron chi connectivity index (χ3n) is 12.8. The van der Waals surface area contributed by atoms with Crippen molar-refractivity contribution in [3.8, 4) is 0 Å². The molecule has 0 spiro atoms. The van der Waals surface area contributed by atoms with Crippen molar-refractivity contribution >= 4 is 24.3 Å². The molecule has 0 radical (unpaired) electrons. The van der Waals surface area contributed by atoms with Gasteiger partial charge in [-0.05, 0) is 87.2 Å². The maximum absolute atomic E-state index is 11.5. The van der Waals surface area contributed by atoms with Crippen LogP contribution >= 0.6 is 0 Å². The molecule has 4 saturated carbocycles. The molecule has 10 nitrogen and oxygen atoms in total. The summed E-state index contributed by atoms with van der Waals surface area (Å²) in [5, 5.41) is 38.1. The van der Waals surface area contributed by atoms with E-state index in [-0.39, 0.29) is 22.7 Å². The molecule has 4 aliphatic carbocycles. The molecule has 258 valence electrons. The van der Waals surface area contributed by atoms with Crippen molar-refractivity contribution in [2.24, 2.45) is 54.4 Å². The van der Waals surface area contributed by atoms with Gasteiger partial charge in [-0.15, -0.1) is 5.10 Å². The highest BCUT2D eigenvalue weighted by Gasteiger charge is 2.59. The van der Waals surface area contributed by atoms with Crippen LogP contribution in [-0.4, -0.2) is 58.9 Å². The Balaban J connectivity index is 0.000000168. The number of hydrogen-bond acceptors (Lipinski definition) is 8. The first-order chi connectivity index (χ1) is 23.1. The van der Waals surface area contributed by atoms with Crippen molar-refractivity contribution in [2.45, 2.75) is 101 Å². The molecule has 0 unspecified atom stereocenters. The SMILES string of the molecule is C[C@]12CC[C@H](c3ccccc3)C[C@@]1(O)CC[C@@H]2C=NN=C(N)N.C[C@]12CC[C@H](c3ccccc3)C[C@@]1(O)CC[C@@H]2C=NNC1=NCCN1. The van der Waals surface area contributed by atoms with Gasteiger partial charge in [0.15, 0.2) is 0 Å². The minimum atomic E-state index is -0.638. The Labute approximate surface area is 285 Å². The number of rotatable bonds is 6. The van der Waals surface area contributed by atoms with Gasteiger partial charge in [-0.1, -0.05) is 74.5 Å². The molecule has 5 aliphatic rings. The standard InChI is InChI=1S/C20H28N4O.C18H26N4O/c1-19-9-7-16(15-5-3-2-4-6-15)13-20(19,25)10-8-17(19)14-23-24-18-21-11-12-22-18;1-17-9-7-14(13-5-3-2-4-6-13)11-18(17,23)10-8-15(17)12-21-22-16(19)20/h2-6,14,16-17,25H,7-13H2,1H3,(H2,21,22,24);2-6,12,14-15,23H,7-11H2,1H3,(H4,19,20,22)/t16-,17+,19+,20-;14-,15+,17+,18-/m00/s1. The van der Waals surface area contributed by atoms with E-state index in [1.165, 1.54) is 11.1 Å². The predicted molar refractivity (Wildman–Crippen MR) is 194 cm³/mol. The van der Waals surface area contributed by atoms with Crippen LogP contribution < -0.4 is 22.2 Å². The van der Waals surface area contributed by atoms with Gasteiger partial charge in [0.1, 0.15) is 0 Å². The van der Waals surface area contributed by atoms with Crippen molar-refractivity contribution in [1.82, 2.24) is 10.7 Å². The number of nitrogens with zero attached hydrogens (tertiary/aromatic N) is 4. The fourth-order valence-corrected chi connectivity index (χ4v) is 9.50. The maximum atomic E-state index is 11.5. The van der Waals surface area contributed by atoms with Crippen LogP contribution in [0.3, 0.4) is 0 Å². The monoisotopic (exact) mass is 654 g/mol. The summed E-state index contributed by atoms with van der Waals surface area (Å²) < 4.78 is 0. The number of hydrogen-bond donors (Lipinski definition) is 6. The highest BCUT2D eigenvalue weighted by molar-refractivity contribution is 5.82. The topological polar surface area (TPSA) is 166 Å². The van der Waals surface area contributed by atoms with E-state index >= 15 is 0 Å². The van der Waals surface area contributed by atoms with Gasteiger partial charge in [0.25, 0.3) is 0 Å². The quantitative estimate of drug-likeness (QED) is 0.146. The highest BCUT2D eigenvalue weighted by atomic mass is 16.3. The average molecular weight is 655 g/mol. The van der Waals surface area contributed by atoms with Crippen LogP contribution in [0.5, 0.6) is 0 Å². The number of benzene rings is 2. The Morgan fingerprint density at radius 2 is 1.31 bits per heavy atom. The molecular formula is C38H54N8O2. The molecule has 0 aromatic heterocycles. The van der Waals surface area contributed by atoms with Gasteiger partial charge in [-0.3, -0.25) is 0 Å². The van der Waals surface area contributed by atoms with Crippen molar-refractivity contribution < 1.29 is 10.2 Å². The summed E-state index contributed by atoms with van der Waals surface area (Å²) in [6.45, 7) is 6.12. The molecule has 0 bridgehead atoms. The highest BCUT2D eigenvalue weighted by Crippen LogP contribution is 2.61. The number of nitrogens with two attached hydrogens (primary N) is 2. The van der Waals surface area contributed by atoms with Crippen LogP contribution in [0.1, 0.15) is 101 Å². The van der Waals surface area contributed by atoms with Gasteiger partial charge >= 0.3 is 0 Å². The summed E-state index contributed by atoms with van der Waals surface area (Å²) in [6, 6.07) is 21.2. The van der Waals surface area contributed by atoms with Crippen LogP contribution in [-0.2, 0) is 0 Å². The van der Waals surface area contributed by atoms with Gasteiger partial charge < -0.3 is 27.0 Å². The zero-order chi connectivity index (χ0) is 33.8. The normalized spacial score (nSPS) is 37.2. The van der Waals surface area contributed by atoms with Crippen LogP contribution in [0.2, 0.25) is 0 Å². The van der Waals surface area contributed by atoms with Gasteiger partial charge in [0.05, 0.1) is 17.7 Å². The van der Waals surface area contributed by atoms with E-state index < -0.39 is 11.2 Å². The molecule has 0 amide bonds. The molecule has 1 aliphatic heterocycles. The second-order valence-electron chi connectivity index (χ2n) is 15.2. The molecule has 0 saturated heterocycles. The van der Waals surface area contributed by atoms with Gasteiger partial charge in [0, 0.05) is 41.6 Å². The summed E-state index contributed by atoms with van der Waals surface area (Å²) in [5.41, 5.74) is 14.9. The smallest absolute Gasteiger partial charge is 0.212 e. The molecule has 4 fully saturated rings. The summed E-state index contributed by atoms with van der Waals surface area (Å²) in [5.74, 6) is 2.14. The number of guanidine groups is 2. The lowest BCUT2D eigenvalue weighted by Crippen LogP contribution is -2.49. The number of aliphatic hydroxyl groups is 2. The Hall–Kier alpha value is -3.76. The fourth-order valence-electron chi connectivity index (χ4n) is 9.50. The predicted octanol–water partition coefficient (Wildman–Crippen LogP) is 5.00. The maximum Gasteiger partial charge on any atom is 0.212 e. The van der Waals surface area contributed by atoms with E-state index in [4.69, 9.17) is 11.5 Å². The largest absolute Gasteiger partial charge is 0.389 e. The zero-order valence-electron chi connectivity index (χ0n) is 28.6. The molecule has 10 heteroatoms. The lowest BCUT2D eigenvalue weighted by molar-refractivity contribution is -0.0958. The van der Waals surface area contributed by atoms with Crippen molar-refractivity contribution in [3.63, 3.8) is 0 Å². The number of fused-ring (bicyclic) bond motifs is 2. The first-order valence-electron chi connectivity index (χ1n) is 17.8. The first kappa shape index (κ1) is 34.1.